The van der Waals surface area contributed by atoms with Crippen LogP contribution >= 0.6 is 0 Å². The molecule has 0 unspecified atom stereocenters. The van der Waals surface area contributed by atoms with Gasteiger partial charge in [-0.3, -0.25) is 0 Å². The minimum Gasteiger partial charge on any atom is -0.366 e. The van der Waals surface area contributed by atoms with Gasteiger partial charge in [-0.05, 0) is 20.0 Å². The van der Waals surface area contributed by atoms with Gasteiger partial charge in [0.2, 0.25) is 0 Å². The predicted molar refractivity (Wildman–Crippen MR) is 32.8 cm³/mol. The maximum atomic E-state index is 3.50. The second-order valence-electron chi connectivity index (χ2n) is 1.32. The largest absolute Gasteiger partial charge is 0.366 e. The molecule has 0 amide bonds. The van der Waals surface area contributed by atoms with Crippen molar-refractivity contribution < 1.29 is 0 Å². The maximum Gasteiger partial charge on any atom is 0.00712 e. The number of hydrogen-bond donors (Lipinski definition) is 1. The van der Waals surface area contributed by atoms with E-state index in [1.165, 1.54) is 0 Å². The first-order chi connectivity index (χ1) is 3.31. The van der Waals surface area contributed by atoms with Gasteiger partial charge in [0.05, 0.1) is 0 Å². The van der Waals surface area contributed by atoms with Crippen molar-refractivity contribution in [1.29, 1.82) is 0 Å². The molecule has 0 aliphatic rings. The molecular weight excluding hydrogens is 86.1 g/mol. The zero-order chi connectivity index (χ0) is 5.70. The highest BCUT2D eigenvalue weighted by atomic mass is 14.8. The van der Waals surface area contributed by atoms with Crippen LogP contribution in [0, 0.1) is 0 Å². The second kappa shape index (κ2) is 3.47. The Bertz CT molecular complexity index is 82.2. The Kier molecular flexibility index (Phi) is 3.11. The highest BCUT2D eigenvalue weighted by Gasteiger charge is 1.72. The molecule has 40 valence electrons. The van der Waals surface area contributed by atoms with Crippen LogP contribution in [0.5, 0.6) is 0 Å². The summed E-state index contributed by atoms with van der Waals surface area (Å²) >= 11 is 0. The van der Waals surface area contributed by atoms with Gasteiger partial charge >= 0.3 is 0 Å². The summed E-state index contributed by atoms with van der Waals surface area (Å²) in [5, 5.41) is 2.92. The van der Waals surface area contributed by atoms with Crippen molar-refractivity contribution in [2.75, 3.05) is 0 Å². The molecule has 0 bridgehead atoms. The first-order valence-corrected chi connectivity index (χ1v) is 2.31. The van der Waals surface area contributed by atoms with E-state index in [4.69, 9.17) is 0 Å². The molecule has 0 aromatic rings. The van der Waals surface area contributed by atoms with E-state index in [0.29, 0.717) is 0 Å². The van der Waals surface area contributed by atoms with Gasteiger partial charge in [-0.2, -0.15) is 0 Å². The topological polar surface area (TPSA) is 12.0 Å². The monoisotopic (exact) mass is 97.1 g/mol. The Morgan fingerprint density at radius 3 is 2.43 bits per heavy atom. The van der Waals surface area contributed by atoms with Crippen LogP contribution in [0.3, 0.4) is 0 Å². The number of nitrogens with one attached hydrogen (secondary N) is 1. The first-order valence-electron chi connectivity index (χ1n) is 2.31. The molecule has 0 atom stereocenters. The SMILES string of the molecule is C=CN/C(C)=C\C. The summed E-state index contributed by atoms with van der Waals surface area (Å²) in [4.78, 5) is 0. The summed E-state index contributed by atoms with van der Waals surface area (Å²) in [6, 6.07) is 0. The normalized spacial score (nSPS) is 10.9. The number of rotatable bonds is 2. The van der Waals surface area contributed by atoms with Crippen molar-refractivity contribution >= 4 is 0 Å². The third-order valence-electron chi connectivity index (χ3n) is 0.763. The quantitative estimate of drug-likeness (QED) is 0.552. The maximum absolute atomic E-state index is 3.50. The zero-order valence-electron chi connectivity index (χ0n) is 4.86. The molecule has 0 radical (unpaired) electrons. The van der Waals surface area contributed by atoms with Gasteiger partial charge in [0.1, 0.15) is 0 Å². The lowest BCUT2D eigenvalue weighted by Gasteiger charge is -1.93. The van der Waals surface area contributed by atoms with E-state index in [0.717, 1.165) is 5.70 Å². The van der Waals surface area contributed by atoms with Gasteiger partial charge in [-0.25, -0.2) is 0 Å². The molecule has 0 aromatic carbocycles. The average Bonchev–Trinajstić information content (AvgIpc) is 1.68. The lowest BCUT2D eigenvalue weighted by Crippen LogP contribution is -1.97. The van der Waals surface area contributed by atoms with Gasteiger partial charge in [0.15, 0.2) is 0 Å². The van der Waals surface area contributed by atoms with Crippen LogP contribution in [-0.2, 0) is 0 Å². The van der Waals surface area contributed by atoms with E-state index in [1.54, 1.807) is 6.20 Å². The highest BCUT2D eigenvalue weighted by molar-refractivity contribution is 4.95. The van der Waals surface area contributed by atoms with E-state index >= 15 is 0 Å². The Labute approximate surface area is 44.7 Å². The molecule has 1 heteroatoms. The molecule has 0 heterocycles. The van der Waals surface area contributed by atoms with Gasteiger partial charge in [0, 0.05) is 5.70 Å². The molecule has 7 heavy (non-hydrogen) atoms. The molecule has 0 saturated carbocycles. The molecule has 0 aromatic heterocycles. The number of allylic oxidation sites excluding steroid dienone is 2. The summed E-state index contributed by atoms with van der Waals surface area (Å²) in [5.41, 5.74) is 1.13. The molecule has 0 rings (SSSR count). The Morgan fingerprint density at radius 1 is 1.71 bits per heavy atom. The van der Waals surface area contributed by atoms with Gasteiger partial charge in [-0.1, -0.05) is 12.7 Å². The molecule has 0 saturated heterocycles. The lowest BCUT2D eigenvalue weighted by molar-refractivity contribution is 1.06. The molecule has 0 spiro atoms. The van der Waals surface area contributed by atoms with Crippen LogP contribution in [0.2, 0.25) is 0 Å². The fourth-order valence-electron chi connectivity index (χ4n) is 0.244. The molecule has 0 aliphatic carbocycles. The van der Waals surface area contributed by atoms with Gasteiger partial charge in [0.25, 0.3) is 0 Å². The molecule has 1 nitrogen and oxygen atoms in total. The minimum atomic E-state index is 1.13. The predicted octanol–water partition coefficient (Wildman–Crippen LogP) is 1.64. The van der Waals surface area contributed by atoms with Crippen molar-refractivity contribution in [3.63, 3.8) is 0 Å². The molecular formula is C6H11N. The molecule has 1 N–H and O–H groups in total. The van der Waals surface area contributed by atoms with Crippen molar-refractivity contribution in [3.8, 4) is 0 Å². The second-order valence-corrected chi connectivity index (χ2v) is 1.32. The smallest absolute Gasteiger partial charge is 0.00712 e. The van der Waals surface area contributed by atoms with Crippen LogP contribution in [-0.4, -0.2) is 0 Å². The standard InChI is InChI=1S/C6H11N/c1-4-6(3)7-5-2/h4-5,7H,2H2,1,3H3/b6-4-. The first kappa shape index (κ1) is 6.28. The van der Waals surface area contributed by atoms with E-state index in [-0.39, 0.29) is 0 Å². The van der Waals surface area contributed by atoms with Crippen molar-refractivity contribution in [2.45, 2.75) is 13.8 Å². The van der Waals surface area contributed by atoms with Crippen LogP contribution in [0.15, 0.2) is 24.6 Å². The summed E-state index contributed by atoms with van der Waals surface area (Å²) < 4.78 is 0. The van der Waals surface area contributed by atoms with E-state index in [1.807, 2.05) is 19.9 Å². The highest BCUT2D eigenvalue weighted by Crippen LogP contribution is 1.81. The minimum absolute atomic E-state index is 1.13. The Hall–Kier alpha value is -0.720. The fourth-order valence-corrected chi connectivity index (χ4v) is 0.244. The third-order valence-corrected chi connectivity index (χ3v) is 0.763. The molecule has 0 aliphatic heterocycles. The third kappa shape index (κ3) is 3.10. The lowest BCUT2D eigenvalue weighted by atomic mass is 10.5. The van der Waals surface area contributed by atoms with Crippen LogP contribution < -0.4 is 5.32 Å². The van der Waals surface area contributed by atoms with E-state index < -0.39 is 0 Å². The van der Waals surface area contributed by atoms with Crippen molar-refractivity contribution in [1.82, 2.24) is 5.32 Å². The zero-order valence-corrected chi connectivity index (χ0v) is 4.86. The van der Waals surface area contributed by atoms with Crippen LogP contribution in [0.1, 0.15) is 13.8 Å². The van der Waals surface area contributed by atoms with E-state index in [9.17, 15) is 0 Å². The fraction of sp³-hybridized carbons (Fsp3) is 0.333. The summed E-state index contributed by atoms with van der Waals surface area (Å²) in [5.74, 6) is 0. The summed E-state index contributed by atoms with van der Waals surface area (Å²) in [6.45, 7) is 7.46. The summed E-state index contributed by atoms with van der Waals surface area (Å²) in [7, 11) is 0. The molecule has 0 fully saturated rings. The Morgan fingerprint density at radius 2 is 2.29 bits per heavy atom. The van der Waals surface area contributed by atoms with Crippen molar-refractivity contribution in [2.24, 2.45) is 0 Å². The van der Waals surface area contributed by atoms with Crippen molar-refractivity contribution in [3.05, 3.63) is 24.6 Å². The van der Waals surface area contributed by atoms with Crippen LogP contribution in [0.25, 0.3) is 0 Å². The average molecular weight is 97.2 g/mol. The Balaban J connectivity index is 3.36. The van der Waals surface area contributed by atoms with Gasteiger partial charge < -0.3 is 5.32 Å². The number of hydrogen-bond acceptors (Lipinski definition) is 1. The summed E-state index contributed by atoms with van der Waals surface area (Å²) in [6.07, 6.45) is 3.65. The van der Waals surface area contributed by atoms with Gasteiger partial charge in [-0.15, -0.1) is 0 Å². The van der Waals surface area contributed by atoms with Crippen LogP contribution in [0.4, 0.5) is 0 Å². The van der Waals surface area contributed by atoms with E-state index in [2.05, 4.69) is 11.9 Å².